The van der Waals surface area contributed by atoms with Gasteiger partial charge in [0, 0.05) is 45.9 Å². The van der Waals surface area contributed by atoms with Crippen molar-refractivity contribution in [2.75, 3.05) is 53.0 Å². The lowest BCUT2D eigenvalue weighted by Crippen LogP contribution is -2.58. The van der Waals surface area contributed by atoms with E-state index in [-0.39, 0.29) is 11.9 Å². The van der Waals surface area contributed by atoms with E-state index in [1.807, 2.05) is 9.80 Å². The number of hydrogen-bond acceptors (Lipinski definition) is 4. The number of hydrogen-bond donors (Lipinski definition) is 2. The van der Waals surface area contributed by atoms with Gasteiger partial charge in [0.05, 0.1) is 12.0 Å². The summed E-state index contributed by atoms with van der Waals surface area (Å²) < 4.78 is 5.32. The Kier molecular flexibility index (Phi) is 6.17. The van der Waals surface area contributed by atoms with E-state index in [4.69, 9.17) is 4.74 Å². The molecule has 1 atom stereocenters. The Morgan fingerprint density at radius 2 is 1.80 bits per heavy atom. The number of amides is 3. The van der Waals surface area contributed by atoms with Crippen LogP contribution in [0, 0.1) is 5.41 Å². The van der Waals surface area contributed by atoms with Crippen molar-refractivity contribution in [3.63, 3.8) is 0 Å². The number of piperazine rings is 1. The predicted molar refractivity (Wildman–Crippen MR) is 95.4 cm³/mol. The molecule has 0 radical (unpaired) electrons. The Balaban J connectivity index is 1.49. The maximum absolute atomic E-state index is 13.0. The first-order chi connectivity index (χ1) is 12.1. The standard InChI is InChI=1S/C18H32N4O3/c1-25-14-18(7-8-19-13-18)16(23)21-9-11-22(12-10-21)17(24)20-15-5-3-2-4-6-15/h15,19H,2-14H2,1H3,(H,20,24). The highest BCUT2D eigenvalue weighted by atomic mass is 16.5. The Labute approximate surface area is 150 Å². The van der Waals surface area contributed by atoms with Gasteiger partial charge in [0.2, 0.25) is 5.91 Å². The Morgan fingerprint density at radius 1 is 1.12 bits per heavy atom. The fourth-order valence-corrected chi connectivity index (χ4v) is 4.35. The van der Waals surface area contributed by atoms with Gasteiger partial charge in [-0.15, -0.1) is 0 Å². The van der Waals surface area contributed by atoms with Crippen LogP contribution >= 0.6 is 0 Å². The number of urea groups is 1. The number of nitrogens with one attached hydrogen (secondary N) is 2. The van der Waals surface area contributed by atoms with Crippen LogP contribution in [0.25, 0.3) is 0 Å². The van der Waals surface area contributed by atoms with Crippen molar-refractivity contribution in [2.45, 2.75) is 44.6 Å². The molecular weight excluding hydrogens is 320 g/mol. The van der Waals surface area contributed by atoms with Gasteiger partial charge in [-0.05, 0) is 25.8 Å². The van der Waals surface area contributed by atoms with Crippen LogP contribution in [0.3, 0.4) is 0 Å². The second kappa shape index (κ2) is 8.36. The summed E-state index contributed by atoms with van der Waals surface area (Å²) >= 11 is 0. The van der Waals surface area contributed by atoms with Crippen LogP contribution in [0.2, 0.25) is 0 Å². The molecule has 2 saturated heterocycles. The molecule has 1 aliphatic carbocycles. The predicted octanol–water partition coefficient (Wildman–Crippen LogP) is 0.799. The summed E-state index contributed by atoms with van der Waals surface area (Å²) in [6, 6.07) is 0.364. The molecule has 0 bridgehead atoms. The van der Waals surface area contributed by atoms with Crippen molar-refractivity contribution in [3.05, 3.63) is 0 Å². The lowest BCUT2D eigenvalue weighted by Gasteiger charge is -2.39. The molecule has 2 heterocycles. The molecule has 0 aromatic heterocycles. The summed E-state index contributed by atoms with van der Waals surface area (Å²) in [4.78, 5) is 29.2. The van der Waals surface area contributed by atoms with Gasteiger partial charge in [-0.1, -0.05) is 19.3 Å². The van der Waals surface area contributed by atoms with Gasteiger partial charge in [0.15, 0.2) is 0 Å². The number of rotatable bonds is 4. The van der Waals surface area contributed by atoms with Gasteiger partial charge >= 0.3 is 6.03 Å². The van der Waals surface area contributed by atoms with Crippen molar-refractivity contribution in [1.82, 2.24) is 20.4 Å². The lowest BCUT2D eigenvalue weighted by atomic mass is 9.86. The molecule has 2 N–H and O–H groups in total. The zero-order valence-corrected chi connectivity index (χ0v) is 15.4. The molecule has 25 heavy (non-hydrogen) atoms. The molecule has 1 unspecified atom stereocenters. The van der Waals surface area contributed by atoms with Gasteiger partial charge in [0.1, 0.15) is 0 Å². The third-order valence-electron chi connectivity index (χ3n) is 5.90. The summed E-state index contributed by atoms with van der Waals surface area (Å²) in [5.41, 5.74) is -0.429. The number of nitrogens with zero attached hydrogens (tertiary/aromatic N) is 2. The molecule has 142 valence electrons. The second-order valence-corrected chi connectivity index (χ2v) is 7.70. The molecule has 2 aliphatic heterocycles. The van der Waals surface area contributed by atoms with Crippen LogP contribution < -0.4 is 10.6 Å². The fourth-order valence-electron chi connectivity index (χ4n) is 4.35. The first-order valence-electron chi connectivity index (χ1n) is 9.69. The van der Waals surface area contributed by atoms with Gasteiger partial charge in [-0.3, -0.25) is 4.79 Å². The third kappa shape index (κ3) is 4.26. The monoisotopic (exact) mass is 352 g/mol. The summed E-state index contributed by atoms with van der Waals surface area (Å²) in [6.07, 6.45) is 6.71. The van der Waals surface area contributed by atoms with Crippen LogP contribution in [0.4, 0.5) is 4.79 Å². The molecule has 3 amide bonds. The molecular formula is C18H32N4O3. The van der Waals surface area contributed by atoms with Crippen molar-refractivity contribution in [3.8, 4) is 0 Å². The maximum Gasteiger partial charge on any atom is 0.317 e. The summed E-state index contributed by atoms with van der Waals surface area (Å²) in [5.74, 6) is 0.173. The molecule has 0 aromatic carbocycles. The Bertz CT molecular complexity index is 465. The van der Waals surface area contributed by atoms with E-state index < -0.39 is 5.41 Å². The average molecular weight is 352 g/mol. The van der Waals surface area contributed by atoms with Gasteiger partial charge < -0.3 is 25.2 Å². The number of carbonyl (C=O) groups excluding carboxylic acids is 2. The molecule has 7 nitrogen and oxygen atoms in total. The third-order valence-corrected chi connectivity index (χ3v) is 5.90. The van der Waals surface area contributed by atoms with Crippen LogP contribution in [-0.2, 0) is 9.53 Å². The Morgan fingerprint density at radius 3 is 2.40 bits per heavy atom. The molecule has 7 heteroatoms. The molecule has 0 aromatic rings. The maximum atomic E-state index is 13.0. The van der Waals surface area contributed by atoms with Crippen LogP contribution in [-0.4, -0.2) is 80.8 Å². The minimum absolute atomic E-state index is 0.0353. The van der Waals surface area contributed by atoms with Crippen molar-refractivity contribution >= 4 is 11.9 Å². The topological polar surface area (TPSA) is 73.9 Å². The van der Waals surface area contributed by atoms with E-state index in [0.717, 1.165) is 25.8 Å². The van der Waals surface area contributed by atoms with Crippen LogP contribution in [0.1, 0.15) is 38.5 Å². The normalized spacial score (nSPS) is 28.2. The van der Waals surface area contributed by atoms with E-state index >= 15 is 0 Å². The SMILES string of the molecule is COCC1(C(=O)N2CCN(C(=O)NC3CCCCC3)CC2)CCNC1. The summed E-state index contributed by atoms with van der Waals surface area (Å²) in [7, 11) is 1.65. The van der Waals surface area contributed by atoms with Gasteiger partial charge in [-0.2, -0.15) is 0 Å². The fraction of sp³-hybridized carbons (Fsp3) is 0.889. The Hall–Kier alpha value is -1.34. The molecule has 3 aliphatic rings. The smallest absolute Gasteiger partial charge is 0.317 e. The second-order valence-electron chi connectivity index (χ2n) is 7.70. The quantitative estimate of drug-likeness (QED) is 0.785. The molecule has 0 spiro atoms. The van der Waals surface area contributed by atoms with E-state index in [9.17, 15) is 9.59 Å². The van der Waals surface area contributed by atoms with Crippen molar-refractivity contribution < 1.29 is 14.3 Å². The van der Waals surface area contributed by atoms with E-state index in [1.54, 1.807) is 7.11 Å². The van der Waals surface area contributed by atoms with Crippen LogP contribution in [0.5, 0.6) is 0 Å². The van der Waals surface area contributed by atoms with E-state index in [1.165, 1.54) is 19.3 Å². The minimum atomic E-state index is -0.429. The highest BCUT2D eigenvalue weighted by Gasteiger charge is 2.44. The first-order valence-corrected chi connectivity index (χ1v) is 9.69. The minimum Gasteiger partial charge on any atom is -0.384 e. The largest absolute Gasteiger partial charge is 0.384 e. The lowest BCUT2D eigenvalue weighted by molar-refractivity contribution is -0.145. The number of methoxy groups -OCH3 is 1. The average Bonchev–Trinajstić information content (AvgIpc) is 3.12. The van der Waals surface area contributed by atoms with Gasteiger partial charge in [0.25, 0.3) is 0 Å². The summed E-state index contributed by atoms with van der Waals surface area (Å²) in [6.45, 7) is 4.45. The zero-order valence-electron chi connectivity index (χ0n) is 15.4. The highest BCUT2D eigenvalue weighted by molar-refractivity contribution is 5.84. The molecule has 3 rings (SSSR count). The molecule has 1 saturated carbocycles. The number of ether oxygens (including phenoxy) is 1. The summed E-state index contributed by atoms with van der Waals surface area (Å²) in [5, 5.41) is 6.46. The molecule has 3 fully saturated rings. The number of carbonyl (C=O) groups is 2. The first kappa shape index (κ1) is 18.5. The van der Waals surface area contributed by atoms with E-state index in [2.05, 4.69) is 10.6 Å². The zero-order chi connectivity index (χ0) is 17.7. The van der Waals surface area contributed by atoms with Gasteiger partial charge in [-0.25, -0.2) is 4.79 Å². The van der Waals surface area contributed by atoms with Crippen LogP contribution in [0.15, 0.2) is 0 Å². The highest BCUT2D eigenvalue weighted by Crippen LogP contribution is 2.29. The van der Waals surface area contributed by atoms with E-state index in [0.29, 0.717) is 45.4 Å². The van der Waals surface area contributed by atoms with Crippen molar-refractivity contribution in [1.29, 1.82) is 0 Å². The van der Waals surface area contributed by atoms with Crippen molar-refractivity contribution in [2.24, 2.45) is 5.41 Å².